The van der Waals surface area contributed by atoms with Crippen molar-refractivity contribution < 1.29 is 19.1 Å². The van der Waals surface area contributed by atoms with Crippen molar-refractivity contribution in [1.29, 1.82) is 0 Å². The molecular formula is C15H21ClN2O4. The van der Waals surface area contributed by atoms with Gasteiger partial charge in [0.1, 0.15) is 6.04 Å². The molecule has 0 aliphatic carbocycles. The van der Waals surface area contributed by atoms with Crippen molar-refractivity contribution in [3.8, 4) is 5.75 Å². The lowest BCUT2D eigenvalue weighted by Crippen LogP contribution is -2.35. The summed E-state index contributed by atoms with van der Waals surface area (Å²) in [6.07, 6.45) is -0.450. The number of benzene rings is 1. The van der Waals surface area contributed by atoms with E-state index in [0.29, 0.717) is 0 Å². The molecule has 0 saturated carbocycles. The van der Waals surface area contributed by atoms with Gasteiger partial charge in [-0.15, -0.1) is 0 Å². The molecule has 1 aromatic rings. The van der Waals surface area contributed by atoms with Crippen LogP contribution in [0.25, 0.3) is 0 Å². The van der Waals surface area contributed by atoms with E-state index in [1.54, 1.807) is 46.1 Å². The van der Waals surface area contributed by atoms with Crippen LogP contribution < -0.4 is 10.5 Å². The van der Waals surface area contributed by atoms with Crippen LogP contribution in [-0.4, -0.2) is 43.2 Å². The molecule has 1 aromatic carbocycles. The Hall–Kier alpha value is -1.79. The lowest BCUT2D eigenvalue weighted by Gasteiger charge is -2.15. The molecule has 22 heavy (non-hydrogen) atoms. The molecule has 0 saturated heterocycles. The fourth-order valence-corrected chi connectivity index (χ4v) is 1.84. The van der Waals surface area contributed by atoms with Crippen LogP contribution in [0.4, 0.5) is 4.79 Å². The number of ether oxygens (including phenoxy) is 2. The van der Waals surface area contributed by atoms with Crippen LogP contribution in [-0.2, 0) is 16.0 Å². The predicted molar refractivity (Wildman–Crippen MR) is 84.1 cm³/mol. The summed E-state index contributed by atoms with van der Waals surface area (Å²) in [5.41, 5.74) is 6.55. The lowest BCUT2D eigenvalue weighted by molar-refractivity contribution is -0.148. The topological polar surface area (TPSA) is 81.9 Å². The Morgan fingerprint density at radius 1 is 1.32 bits per heavy atom. The molecule has 0 aromatic heterocycles. The molecule has 0 aliphatic heterocycles. The molecule has 1 amide bonds. The number of nitrogens with two attached hydrogens (primary N) is 1. The van der Waals surface area contributed by atoms with E-state index in [1.807, 2.05) is 0 Å². The molecule has 2 N–H and O–H groups in total. The maximum Gasteiger partial charge on any atom is 0.414 e. The van der Waals surface area contributed by atoms with Gasteiger partial charge in [-0.2, -0.15) is 0 Å². The van der Waals surface area contributed by atoms with Gasteiger partial charge >= 0.3 is 12.1 Å². The van der Waals surface area contributed by atoms with Gasteiger partial charge in [0.25, 0.3) is 0 Å². The molecule has 0 fully saturated rings. The molecule has 1 atom stereocenters. The first-order valence-electron chi connectivity index (χ1n) is 6.84. The maximum atomic E-state index is 11.7. The molecule has 1 rings (SSSR count). The quantitative estimate of drug-likeness (QED) is 0.838. The van der Waals surface area contributed by atoms with Gasteiger partial charge < -0.3 is 20.1 Å². The average molecular weight is 329 g/mol. The Morgan fingerprint density at radius 2 is 1.95 bits per heavy atom. The molecule has 6 nitrogen and oxygen atoms in total. The van der Waals surface area contributed by atoms with E-state index in [9.17, 15) is 9.59 Å². The Balaban J connectivity index is 2.73. The van der Waals surface area contributed by atoms with E-state index in [-0.39, 0.29) is 23.3 Å². The fraction of sp³-hybridized carbons (Fsp3) is 0.467. The third kappa shape index (κ3) is 5.54. The molecule has 7 heteroatoms. The van der Waals surface area contributed by atoms with Gasteiger partial charge in [-0.1, -0.05) is 17.7 Å². The van der Waals surface area contributed by atoms with Crippen LogP contribution in [0.3, 0.4) is 0 Å². The van der Waals surface area contributed by atoms with Gasteiger partial charge in [-0.3, -0.25) is 4.79 Å². The Morgan fingerprint density at radius 3 is 2.45 bits per heavy atom. The molecular weight excluding hydrogens is 308 g/mol. The minimum absolute atomic E-state index is 0.213. The third-order valence-corrected chi connectivity index (χ3v) is 2.96. The number of amides is 1. The zero-order chi connectivity index (χ0) is 16.9. The summed E-state index contributed by atoms with van der Waals surface area (Å²) in [5.74, 6) is -0.211. The molecule has 0 bridgehead atoms. The Bertz CT molecular complexity index is 546. The van der Waals surface area contributed by atoms with Gasteiger partial charge in [0.15, 0.2) is 5.75 Å². The normalized spacial score (nSPS) is 12.0. The number of halogens is 1. The van der Waals surface area contributed by atoms with Gasteiger partial charge in [-0.25, -0.2) is 4.79 Å². The summed E-state index contributed by atoms with van der Waals surface area (Å²) < 4.78 is 10.1. The Labute approximate surface area is 135 Å². The van der Waals surface area contributed by atoms with Crippen LogP contribution in [0.15, 0.2) is 18.2 Å². The number of esters is 1. The first-order valence-corrected chi connectivity index (χ1v) is 7.22. The summed E-state index contributed by atoms with van der Waals surface area (Å²) in [4.78, 5) is 24.5. The SMILES string of the molecule is CC(C)OC(=O)[C@@H](N)Cc1ccc(OC(=O)N(C)C)c(Cl)c1. The van der Waals surface area contributed by atoms with Crippen LogP contribution >= 0.6 is 11.6 Å². The summed E-state index contributed by atoms with van der Waals surface area (Å²) >= 11 is 6.07. The molecule has 0 unspecified atom stereocenters. The third-order valence-electron chi connectivity index (χ3n) is 2.67. The smallest absolute Gasteiger partial charge is 0.414 e. The number of rotatable bonds is 5. The minimum Gasteiger partial charge on any atom is -0.462 e. The number of nitrogens with zero attached hydrogens (tertiary/aromatic N) is 1. The Kier molecular flexibility index (Phi) is 6.64. The second-order valence-corrected chi connectivity index (χ2v) is 5.73. The first-order chi connectivity index (χ1) is 10.2. The van der Waals surface area contributed by atoms with Crippen molar-refractivity contribution in [2.45, 2.75) is 32.4 Å². The number of carbonyl (C=O) groups excluding carboxylic acids is 2. The number of carbonyl (C=O) groups is 2. The molecule has 0 spiro atoms. The van der Waals surface area contributed by atoms with E-state index in [0.717, 1.165) is 5.56 Å². The van der Waals surface area contributed by atoms with E-state index < -0.39 is 18.1 Å². The summed E-state index contributed by atoms with van der Waals surface area (Å²) in [6, 6.07) is 4.11. The highest BCUT2D eigenvalue weighted by molar-refractivity contribution is 6.32. The zero-order valence-electron chi connectivity index (χ0n) is 13.1. The van der Waals surface area contributed by atoms with Crippen molar-refractivity contribution in [2.75, 3.05) is 14.1 Å². The maximum absolute atomic E-state index is 11.7. The fourth-order valence-electron chi connectivity index (χ4n) is 1.60. The molecule has 122 valence electrons. The van der Waals surface area contributed by atoms with Crippen molar-refractivity contribution in [2.24, 2.45) is 5.73 Å². The molecule has 0 heterocycles. The van der Waals surface area contributed by atoms with E-state index in [4.69, 9.17) is 26.8 Å². The minimum atomic E-state index is -0.770. The predicted octanol–water partition coefficient (Wildman–Crippen LogP) is 2.22. The molecule has 0 aliphatic rings. The van der Waals surface area contributed by atoms with Crippen molar-refractivity contribution in [3.05, 3.63) is 28.8 Å². The second kappa shape index (κ2) is 8.00. The highest BCUT2D eigenvalue weighted by Crippen LogP contribution is 2.26. The van der Waals surface area contributed by atoms with E-state index in [2.05, 4.69) is 0 Å². The lowest BCUT2D eigenvalue weighted by atomic mass is 10.1. The van der Waals surface area contributed by atoms with Gasteiger partial charge in [0, 0.05) is 14.1 Å². The van der Waals surface area contributed by atoms with E-state index in [1.165, 1.54) is 4.90 Å². The standard InChI is InChI=1S/C15H21ClN2O4/c1-9(2)21-14(19)12(17)8-10-5-6-13(11(16)7-10)22-15(20)18(3)4/h5-7,9,12H,8,17H2,1-4H3/t12-/m0/s1. The van der Waals surface area contributed by atoms with Gasteiger partial charge in [0.05, 0.1) is 11.1 Å². The van der Waals surface area contributed by atoms with Crippen molar-refractivity contribution in [1.82, 2.24) is 4.90 Å². The summed E-state index contributed by atoms with van der Waals surface area (Å²) in [7, 11) is 3.15. The first kappa shape index (κ1) is 18.3. The highest BCUT2D eigenvalue weighted by Gasteiger charge is 2.18. The van der Waals surface area contributed by atoms with Crippen LogP contribution in [0, 0.1) is 0 Å². The summed E-state index contributed by atoms with van der Waals surface area (Å²) in [6.45, 7) is 3.52. The van der Waals surface area contributed by atoms with E-state index >= 15 is 0 Å². The highest BCUT2D eigenvalue weighted by atomic mass is 35.5. The van der Waals surface area contributed by atoms with Crippen LogP contribution in [0.5, 0.6) is 5.75 Å². The van der Waals surface area contributed by atoms with Crippen molar-refractivity contribution in [3.63, 3.8) is 0 Å². The number of hydrogen-bond acceptors (Lipinski definition) is 5. The summed E-state index contributed by atoms with van der Waals surface area (Å²) in [5, 5.41) is 0.275. The van der Waals surface area contributed by atoms with Crippen LogP contribution in [0.2, 0.25) is 5.02 Å². The van der Waals surface area contributed by atoms with Crippen LogP contribution in [0.1, 0.15) is 19.4 Å². The zero-order valence-corrected chi connectivity index (χ0v) is 13.9. The number of hydrogen-bond donors (Lipinski definition) is 1. The monoisotopic (exact) mass is 328 g/mol. The van der Waals surface area contributed by atoms with Crippen molar-refractivity contribution >= 4 is 23.7 Å². The van der Waals surface area contributed by atoms with Gasteiger partial charge in [0.2, 0.25) is 0 Å². The molecule has 0 radical (unpaired) electrons. The average Bonchev–Trinajstić information content (AvgIpc) is 2.40. The second-order valence-electron chi connectivity index (χ2n) is 5.32. The van der Waals surface area contributed by atoms with Gasteiger partial charge in [-0.05, 0) is 38.0 Å². The largest absolute Gasteiger partial charge is 0.462 e.